The minimum atomic E-state index is -4.62. The first-order chi connectivity index (χ1) is 45.5. The number of unbranched alkanes of at least 4 members (excludes halogenated alkanes) is 53. The maximum absolute atomic E-state index is 13.1. The summed E-state index contributed by atoms with van der Waals surface area (Å²) in [5, 5.41) is 14.0. The second kappa shape index (κ2) is 74.2. The second-order valence-corrected chi connectivity index (χ2v) is 30.5. The van der Waals surface area contributed by atoms with Crippen molar-refractivity contribution in [3.63, 3.8) is 0 Å². The Morgan fingerprint density at radius 1 is 0.376 bits per heavy atom. The van der Waals surface area contributed by atoms with E-state index in [1.165, 1.54) is 327 Å². The molecule has 0 aliphatic rings. The summed E-state index contributed by atoms with van der Waals surface area (Å²) in [6.45, 7) is 4.66. The van der Waals surface area contributed by atoms with Crippen molar-refractivity contribution in [1.82, 2.24) is 5.32 Å². The molecule has 9 heteroatoms. The summed E-state index contributed by atoms with van der Waals surface area (Å²) in [4.78, 5) is 25.7. The number of likely N-dealkylation sites (N-methyl/N-ethyl adjacent to an activating group) is 1. The molecule has 0 aromatic carbocycles. The summed E-state index contributed by atoms with van der Waals surface area (Å²) in [6.07, 6.45) is 105. The van der Waals surface area contributed by atoms with Crippen LogP contribution in [0.15, 0.2) is 72.9 Å². The molecule has 0 saturated carbocycles. The van der Waals surface area contributed by atoms with Crippen LogP contribution in [0.25, 0.3) is 0 Å². The molecular formula is C84H159N2O6P. The Balaban J connectivity index is 3.99. The van der Waals surface area contributed by atoms with Crippen molar-refractivity contribution in [2.45, 2.75) is 418 Å². The van der Waals surface area contributed by atoms with Gasteiger partial charge in [0, 0.05) is 6.42 Å². The van der Waals surface area contributed by atoms with Crippen LogP contribution in [-0.2, 0) is 18.4 Å². The van der Waals surface area contributed by atoms with Crippen LogP contribution in [0.2, 0.25) is 0 Å². The minimum absolute atomic E-state index is 0.00894. The maximum atomic E-state index is 13.1. The molecule has 0 aliphatic heterocycles. The zero-order chi connectivity index (χ0) is 67.6. The Labute approximate surface area is 580 Å². The van der Waals surface area contributed by atoms with Gasteiger partial charge >= 0.3 is 0 Å². The van der Waals surface area contributed by atoms with Crippen LogP contribution in [0.4, 0.5) is 0 Å². The van der Waals surface area contributed by atoms with E-state index in [9.17, 15) is 19.4 Å². The van der Waals surface area contributed by atoms with Crippen LogP contribution in [0, 0.1) is 0 Å². The monoisotopic (exact) mass is 1320 g/mol. The van der Waals surface area contributed by atoms with Gasteiger partial charge in [-0.15, -0.1) is 0 Å². The maximum Gasteiger partial charge on any atom is 0.268 e. The highest BCUT2D eigenvalue weighted by Crippen LogP contribution is 2.38. The van der Waals surface area contributed by atoms with Gasteiger partial charge in [0.05, 0.1) is 39.9 Å². The van der Waals surface area contributed by atoms with E-state index in [-0.39, 0.29) is 12.5 Å². The second-order valence-electron chi connectivity index (χ2n) is 29.1. The average Bonchev–Trinajstić information content (AvgIpc) is 1.94. The predicted molar refractivity (Wildman–Crippen MR) is 408 cm³/mol. The number of rotatable bonds is 76. The highest BCUT2D eigenvalue weighted by molar-refractivity contribution is 7.45. The fourth-order valence-corrected chi connectivity index (χ4v) is 13.0. The third-order valence-electron chi connectivity index (χ3n) is 18.6. The Morgan fingerprint density at radius 3 is 0.946 bits per heavy atom. The summed E-state index contributed by atoms with van der Waals surface area (Å²) in [5.41, 5.74) is 0. The minimum Gasteiger partial charge on any atom is -0.756 e. The molecule has 0 radical (unpaired) electrons. The SMILES string of the molecule is CCCCCCC/C=C\C/C=C\C/C=C\CCCCCCCCCCCCCCCCCCCCCCCCCCC(=O)NC(COP(=O)([O-])OCC[N+](C)(C)C)C(O)/C=C/CC/C=C/CC/C=C/CCCCCCCCCCCCCCCCCCCCCCCC. The Morgan fingerprint density at radius 2 is 0.634 bits per heavy atom. The van der Waals surface area contributed by atoms with Gasteiger partial charge in [-0.25, -0.2) is 0 Å². The summed E-state index contributed by atoms with van der Waals surface area (Å²) in [7, 11) is 1.25. The van der Waals surface area contributed by atoms with Gasteiger partial charge in [0.2, 0.25) is 5.91 Å². The number of aliphatic hydroxyl groups is 1. The van der Waals surface area contributed by atoms with Crippen molar-refractivity contribution >= 4 is 13.7 Å². The molecule has 0 bridgehead atoms. The number of nitrogens with zero attached hydrogens (tertiary/aromatic N) is 1. The standard InChI is InChI=1S/C84H159N2O6P/c1-6-8-10-12-14-16-18-20-22-24-26-28-30-32-34-36-38-40-41-42-43-44-45-46-48-50-52-54-56-58-60-62-64-66-68-70-72-74-76-78-84(88)85-82(81-92-93(89,90)91-80-79-86(3,4)5)83(87)77-75-73-71-69-67-65-63-61-59-57-55-53-51-49-47-39-37-35-33-31-29-27-25-23-21-19-17-15-13-11-9-7-2/h18,20,24,26,30,32,59,61,67,69,75,77,82-83,87H,6-17,19,21-23,25,27-29,31,33-58,60,62-66,68,70-74,76,78-81H2,1-5H3,(H-,85,88,89,90)/b20-18-,26-24-,32-30-,61-59+,69-67+,77-75+. The number of aliphatic hydroxyl groups excluding tert-OH is 1. The third kappa shape index (κ3) is 77.2. The zero-order valence-electron chi connectivity index (χ0n) is 62.7. The Hall–Kier alpha value is -2.06. The lowest BCUT2D eigenvalue weighted by molar-refractivity contribution is -0.870. The quantitative estimate of drug-likeness (QED) is 0.0272. The molecule has 3 atom stereocenters. The lowest BCUT2D eigenvalue weighted by Gasteiger charge is -2.29. The first-order valence-corrected chi connectivity index (χ1v) is 42.3. The molecule has 93 heavy (non-hydrogen) atoms. The Bertz CT molecular complexity index is 1750. The van der Waals surface area contributed by atoms with E-state index in [1.807, 2.05) is 27.2 Å². The lowest BCUT2D eigenvalue weighted by Crippen LogP contribution is -2.45. The molecule has 1 amide bonds. The van der Waals surface area contributed by atoms with Gasteiger partial charge in [0.25, 0.3) is 7.82 Å². The summed E-state index contributed by atoms with van der Waals surface area (Å²) in [5.74, 6) is -0.205. The first-order valence-electron chi connectivity index (χ1n) is 40.8. The number of allylic oxidation sites excluding steroid dienone is 11. The topological polar surface area (TPSA) is 108 Å². The van der Waals surface area contributed by atoms with Crippen LogP contribution in [0.5, 0.6) is 0 Å². The van der Waals surface area contributed by atoms with Crippen molar-refractivity contribution in [3.8, 4) is 0 Å². The van der Waals surface area contributed by atoms with E-state index in [2.05, 4.69) is 79.9 Å². The number of amides is 1. The van der Waals surface area contributed by atoms with E-state index < -0.39 is 26.6 Å². The largest absolute Gasteiger partial charge is 0.756 e. The van der Waals surface area contributed by atoms with E-state index in [4.69, 9.17) is 9.05 Å². The molecule has 0 fully saturated rings. The molecule has 0 heterocycles. The smallest absolute Gasteiger partial charge is 0.268 e. The number of carbonyl (C=O) groups is 1. The van der Waals surface area contributed by atoms with Crippen molar-refractivity contribution in [3.05, 3.63) is 72.9 Å². The van der Waals surface area contributed by atoms with Gasteiger partial charge in [-0.2, -0.15) is 0 Å². The average molecular weight is 1320 g/mol. The van der Waals surface area contributed by atoms with E-state index in [1.54, 1.807) is 6.08 Å². The number of hydrogen-bond donors (Lipinski definition) is 2. The van der Waals surface area contributed by atoms with E-state index in [0.29, 0.717) is 17.4 Å². The molecule has 3 unspecified atom stereocenters. The van der Waals surface area contributed by atoms with Crippen LogP contribution in [0.3, 0.4) is 0 Å². The first kappa shape index (κ1) is 90.9. The van der Waals surface area contributed by atoms with Gasteiger partial charge < -0.3 is 28.8 Å². The van der Waals surface area contributed by atoms with E-state index in [0.717, 1.165) is 57.8 Å². The van der Waals surface area contributed by atoms with Gasteiger partial charge in [-0.05, 0) is 83.5 Å². The summed E-state index contributed by atoms with van der Waals surface area (Å²) < 4.78 is 23.5. The third-order valence-corrected chi connectivity index (χ3v) is 19.6. The fourth-order valence-electron chi connectivity index (χ4n) is 12.3. The highest BCUT2D eigenvalue weighted by atomic mass is 31.2. The molecule has 0 spiro atoms. The number of quaternary nitrogens is 1. The number of phosphoric ester groups is 1. The molecule has 0 rings (SSSR count). The molecule has 0 aliphatic carbocycles. The molecule has 0 aromatic rings. The lowest BCUT2D eigenvalue weighted by atomic mass is 10.0. The van der Waals surface area contributed by atoms with Crippen LogP contribution >= 0.6 is 7.82 Å². The van der Waals surface area contributed by atoms with E-state index >= 15 is 0 Å². The van der Waals surface area contributed by atoms with Crippen LogP contribution in [0.1, 0.15) is 406 Å². The van der Waals surface area contributed by atoms with Crippen molar-refractivity contribution < 1.29 is 32.9 Å². The molecule has 2 N–H and O–H groups in total. The van der Waals surface area contributed by atoms with Gasteiger partial charge in [-0.1, -0.05) is 389 Å². The van der Waals surface area contributed by atoms with Crippen molar-refractivity contribution in [2.75, 3.05) is 40.9 Å². The van der Waals surface area contributed by atoms with Gasteiger partial charge in [0.1, 0.15) is 13.2 Å². The number of hydrogen-bond acceptors (Lipinski definition) is 6. The Kier molecular flexibility index (Phi) is 72.5. The van der Waals surface area contributed by atoms with Crippen LogP contribution in [-0.4, -0.2) is 68.5 Å². The van der Waals surface area contributed by atoms with Crippen molar-refractivity contribution in [2.24, 2.45) is 0 Å². The van der Waals surface area contributed by atoms with Gasteiger partial charge in [0.15, 0.2) is 0 Å². The molecule has 0 aromatic heterocycles. The predicted octanol–water partition coefficient (Wildman–Crippen LogP) is 26.2. The number of phosphoric acid groups is 1. The molecule has 8 nitrogen and oxygen atoms in total. The highest BCUT2D eigenvalue weighted by Gasteiger charge is 2.23. The van der Waals surface area contributed by atoms with Crippen LogP contribution < -0.4 is 10.2 Å². The number of carbonyl (C=O) groups excluding carboxylic acids is 1. The molecular weight excluding hydrogens is 1160 g/mol. The summed E-state index contributed by atoms with van der Waals surface area (Å²) in [6, 6.07) is -0.913. The van der Waals surface area contributed by atoms with Gasteiger partial charge in [-0.3, -0.25) is 9.36 Å². The molecule has 0 saturated heterocycles. The molecule has 546 valence electrons. The normalized spacial score (nSPS) is 13.8. The summed E-state index contributed by atoms with van der Waals surface area (Å²) >= 11 is 0. The fraction of sp³-hybridized carbons (Fsp3) is 0.845. The zero-order valence-corrected chi connectivity index (χ0v) is 63.6. The number of nitrogens with one attached hydrogen (secondary N) is 1. The van der Waals surface area contributed by atoms with Crippen molar-refractivity contribution in [1.29, 1.82) is 0 Å².